The van der Waals surface area contributed by atoms with Gasteiger partial charge in [-0.1, -0.05) is 37.1 Å². The minimum atomic E-state index is -0.289. The van der Waals surface area contributed by atoms with Gasteiger partial charge < -0.3 is 0 Å². The number of aromatic nitrogens is 3. The predicted octanol–water partition coefficient (Wildman–Crippen LogP) is 3.90. The highest BCUT2D eigenvalue weighted by Gasteiger charge is 2.28. The Balaban J connectivity index is 1.96. The normalized spacial score (nSPS) is 23.7. The molecular weight excluding hydrogens is 269 g/mol. The molecule has 1 aliphatic rings. The molecule has 3 nitrogen and oxygen atoms in total. The lowest BCUT2D eigenvalue weighted by Crippen LogP contribution is -2.21. The first-order valence-electron chi connectivity index (χ1n) is 6.21. The van der Waals surface area contributed by atoms with E-state index in [0.717, 1.165) is 42.8 Å². The molecule has 2 rings (SSSR count). The van der Waals surface area contributed by atoms with E-state index in [1.807, 2.05) is 0 Å². The zero-order valence-electron chi connectivity index (χ0n) is 10.4. The Labute approximate surface area is 117 Å². The zero-order chi connectivity index (χ0) is 13.0. The van der Waals surface area contributed by atoms with Crippen molar-refractivity contribution in [3.8, 4) is 0 Å². The van der Waals surface area contributed by atoms with Crippen LogP contribution < -0.4 is 0 Å². The number of hydrogen-bond donors (Lipinski definition) is 0. The van der Waals surface area contributed by atoms with E-state index < -0.39 is 0 Å². The van der Waals surface area contributed by atoms with E-state index in [9.17, 15) is 0 Å². The van der Waals surface area contributed by atoms with Crippen molar-refractivity contribution in [1.29, 1.82) is 0 Å². The van der Waals surface area contributed by atoms with Gasteiger partial charge in [0.1, 0.15) is 12.7 Å². The molecule has 18 heavy (non-hydrogen) atoms. The quantitative estimate of drug-likeness (QED) is 0.769. The SMILES string of the molecule is CCC[C@]1(Cl)C=CC(CCn2cncn2)=C(Cl)C1. The van der Waals surface area contributed by atoms with Crippen LogP contribution >= 0.6 is 23.2 Å². The second-order valence-electron chi connectivity index (χ2n) is 4.63. The van der Waals surface area contributed by atoms with Crippen LogP contribution in [0.5, 0.6) is 0 Å². The average molecular weight is 286 g/mol. The number of hydrogen-bond acceptors (Lipinski definition) is 2. The molecule has 0 aromatic carbocycles. The van der Waals surface area contributed by atoms with Crippen molar-refractivity contribution in [2.24, 2.45) is 0 Å². The lowest BCUT2D eigenvalue weighted by molar-refractivity contribution is 0.591. The maximum Gasteiger partial charge on any atom is 0.137 e. The summed E-state index contributed by atoms with van der Waals surface area (Å²) in [6, 6.07) is 0. The number of aryl methyl sites for hydroxylation is 1. The molecule has 1 aliphatic carbocycles. The first-order chi connectivity index (χ1) is 8.63. The second kappa shape index (κ2) is 5.89. The van der Waals surface area contributed by atoms with Crippen LogP contribution in [0.25, 0.3) is 0 Å². The van der Waals surface area contributed by atoms with Gasteiger partial charge in [-0.05, 0) is 18.4 Å². The Morgan fingerprint density at radius 3 is 2.94 bits per heavy atom. The first-order valence-corrected chi connectivity index (χ1v) is 6.96. The number of halogens is 2. The molecular formula is C13H17Cl2N3. The fourth-order valence-electron chi connectivity index (χ4n) is 2.16. The Morgan fingerprint density at radius 2 is 2.33 bits per heavy atom. The molecule has 0 bridgehead atoms. The molecule has 0 spiro atoms. The van der Waals surface area contributed by atoms with Gasteiger partial charge in [-0.15, -0.1) is 11.6 Å². The van der Waals surface area contributed by atoms with Crippen LogP contribution in [-0.4, -0.2) is 19.6 Å². The molecule has 0 amide bonds. The Morgan fingerprint density at radius 1 is 1.50 bits per heavy atom. The van der Waals surface area contributed by atoms with Crippen molar-refractivity contribution in [2.75, 3.05) is 0 Å². The van der Waals surface area contributed by atoms with Gasteiger partial charge in [0.15, 0.2) is 0 Å². The maximum absolute atomic E-state index is 6.50. The van der Waals surface area contributed by atoms with Crippen LogP contribution in [0.4, 0.5) is 0 Å². The lowest BCUT2D eigenvalue weighted by atomic mass is 9.91. The molecule has 0 unspecified atom stereocenters. The van der Waals surface area contributed by atoms with Crippen LogP contribution in [0.1, 0.15) is 32.6 Å². The number of nitrogens with zero attached hydrogens (tertiary/aromatic N) is 3. The molecule has 5 heteroatoms. The van der Waals surface area contributed by atoms with Gasteiger partial charge in [0.25, 0.3) is 0 Å². The highest BCUT2D eigenvalue weighted by atomic mass is 35.5. The third-order valence-corrected chi connectivity index (χ3v) is 3.95. The second-order valence-corrected chi connectivity index (χ2v) is 5.84. The number of alkyl halides is 1. The summed E-state index contributed by atoms with van der Waals surface area (Å²) in [6.07, 6.45) is 11.0. The summed E-state index contributed by atoms with van der Waals surface area (Å²) in [4.78, 5) is 3.63. The van der Waals surface area contributed by atoms with Crippen LogP contribution in [0.15, 0.2) is 35.4 Å². The smallest absolute Gasteiger partial charge is 0.137 e. The van der Waals surface area contributed by atoms with Gasteiger partial charge >= 0.3 is 0 Å². The first kappa shape index (κ1) is 13.6. The van der Waals surface area contributed by atoms with Gasteiger partial charge in [-0.2, -0.15) is 5.10 Å². The van der Waals surface area contributed by atoms with Crippen molar-refractivity contribution in [3.05, 3.63) is 35.4 Å². The molecule has 98 valence electrons. The largest absolute Gasteiger partial charge is 0.253 e. The molecule has 0 radical (unpaired) electrons. The van der Waals surface area contributed by atoms with Crippen molar-refractivity contribution >= 4 is 23.2 Å². The Hall–Kier alpha value is -0.800. The summed E-state index contributed by atoms with van der Waals surface area (Å²) in [5, 5.41) is 4.95. The van der Waals surface area contributed by atoms with E-state index in [1.165, 1.54) is 6.33 Å². The summed E-state index contributed by atoms with van der Waals surface area (Å²) >= 11 is 12.8. The fourth-order valence-corrected chi connectivity index (χ4v) is 3.01. The van der Waals surface area contributed by atoms with Crippen molar-refractivity contribution in [1.82, 2.24) is 14.8 Å². The van der Waals surface area contributed by atoms with Crippen molar-refractivity contribution in [2.45, 2.75) is 44.0 Å². The third kappa shape index (κ3) is 3.36. The minimum Gasteiger partial charge on any atom is -0.253 e. The predicted molar refractivity (Wildman–Crippen MR) is 74.8 cm³/mol. The Bertz CT molecular complexity index is 451. The van der Waals surface area contributed by atoms with E-state index in [-0.39, 0.29) is 4.87 Å². The van der Waals surface area contributed by atoms with E-state index in [4.69, 9.17) is 23.2 Å². The molecule has 1 atom stereocenters. The summed E-state index contributed by atoms with van der Waals surface area (Å²) in [5.74, 6) is 0. The van der Waals surface area contributed by atoms with Gasteiger partial charge in [-0.25, -0.2) is 4.98 Å². The summed E-state index contributed by atoms with van der Waals surface area (Å²) in [5.41, 5.74) is 1.15. The topological polar surface area (TPSA) is 30.7 Å². The van der Waals surface area contributed by atoms with Gasteiger partial charge in [0, 0.05) is 18.0 Å². The Kier molecular flexibility index (Phi) is 4.46. The van der Waals surface area contributed by atoms with Crippen LogP contribution in [-0.2, 0) is 6.54 Å². The number of allylic oxidation sites excluding steroid dienone is 4. The highest BCUT2D eigenvalue weighted by Crippen LogP contribution is 2.38. The molecule has 0 saturated carbocycles. The summed E-state index contributed by atoms with van der Waals surface area (Å²) in [6.45, 7) is 2.93. The molecule has 1 aromatic heterocycles. The van der Waals surface area contributed by atoms with Gasteiger partial charge in [-0.3, -0.25) is 4.68 Å². The van der Waals surface area contributed by atoms with Crippen molar-refractivity contribution in [3.63, 3.8) is 0 Å². The summed E-state index contributed by atoms with van der Waals surface area (Å²) in [7, 11) is 0. The van der Waals surface area contributed by atoms with Crippen LogP contribution in [0.3, 0.4) is 0 Å². The molecule has 0 fully saturated rings. The van der Waals surface area contributed by atoms with E-state index in [1.54, 1.807) is 11.0 Å². The molecule has 1 aromatic rings. The molecule has 0 N–H and O–H groups in total. The van der Waals surface area contributed by atoms with E-state index in [2.05, 4.69) is 29.2 Å². The van der Waals surface area contributed by atoms with E-state index >= 15 is 0 Å². The molecule has 1 heterocycles. The fraction of sp³-hybridized carbons (Fsp3) is 0.538. The zero-order valence-corrected chi connectivity index (χ0v) is 12.0. The molecule has 0 saturated heterocycles. The lowest BCUT2D eigenvalue weighted by Gasteiger charge is -2.27. The monoisotopic (exact) mass is 285 g/mol. The van der Waals surface area contributed by atoms with Gasteiger partial charge in [0.05, 0.1) is 4.87 Å². The average Bonchev–Trinajstić information content (AvgIpc) is 2.81. The third-order valence-electron chi connectivity index (χ3n) is 3.12. The molecule has 0 aliphatic heterocycles. The van der Waals surface area contributed by atoms with Crippen molar-refractivity contribution < 1.29 is 0 Å². The number of rotatable bonds is 5. The minimum absolute atomic E-state index is 0.289. The van der Waals surface area contributed by atoms with Gasteiger partial charge in [0.2, 0.25) is 0 Å². The maximum atomic E-state index is 6.50. The highest BCUT2D eigenvalue weighted by molar-refractivity contribution is 6.32. The summed E-state index contributed by atoms with van der Waals surface area (Å²) < 4.78 is 1.81. The standard InChI is InChI=1S/C13H17Cl2N3/c1-2-5-13(15)6-3-11(12(14)8-13)4-7-18-10-16-9-17-18/h3,6,9-10H,2,4-5,7-8H2,1H3/t13-/m0/s1. The van der Waals surface area contributed by atoms with Crippen LogP contribution in [0.2, 0.25) is 0 Å². The van der Waals surface area contributed by atoms with Crippen LogP contribution in [0, 0.1) is 0 Å². The van der Waals surface area contributed by atoms with E-state index in [0.29, 0.717) is 0 Å².